The predicted molar refractivity (Wildman–Crippen MR) is 98.2 cm³/mol. The van der Waals surface area contributed by atoms with E-state index >= 15 is 0 Å². The summed E-state index contributed by atoms with van der Waals surface area (Å²) in [7, 11) is 0. The monoisotopic (exact) mass is 371 g/mol. The van der Waals surface area contributed by atoms with Crippen LogP contribution in [0.2, 0.25) is 5.02 Å². The van der Waals surface area contributed by atoms with Gasteiger partial charge in [0.2, 0.25) is 11.9 Å². The average Bonchev–Trinajstić information content (AvgIpc) is 2.98. The van der Waals surface area contributed by atoms with Crippen LogP contribution < -0.4 is 9.80 Å². The van der Waals surface area contributed by atoms with Crippen molar-refractivity contribution in [1.82, 2.24) is 14.9 Å². The first-order valence-electron chi connectivity index (χ1n) is 8.52. The van der Waals surface area contributed by atoms with Crippen LogP contribution >= 0.6 is 11.6 Å². The summed E-state index contributed by atoms with van der Waals surface area (Å²) in [4.78, 5) is 39.2. The number of benzene rings is 1. The van der Waals surface area contributed by atoms with Crippen LogP contribution in [0.5, 0.6) is 0 Å². The Bertz CT molecular complexity index is 806. The van der Waals surface area contributed by atoms with E-state index in [-0.39, 0.29) is 18.2 Å². The highest BCUT2D eigenvalue weighted by Crippen LogP contribution is 2.27. The lowest BCUT2D eigenvalue weighted by atomic mass is 10.2. The van der Waals surface area contributed by atoms with Crippen molar-refractivity contribution in [2.24, 2.45) is 0 Å². The fraction of sp³-hybridized carbons (Fsp3) is 0.333. The molecule has 0 radical (unpaired) electrons. The maximum atomic E-state index is 12.8. The summed E-state index contributed by atoms with van der Waals surface area (Å²) >= 11 is 5.89. The van der Waals surface area contributed by atoms with Gasteiger partial charge in [0, 0.05) is 43.6 Å². The van der Waals surface area contributed by atoms with E-state index in [2.05, 4.69) is 19.8 Å². The van der Waals surface area contributed by atoms with Gasteiger partial charge in [-0.15, -0.1) is 0 Å². The smallest absolute Gasteiger partial charge is 0.251 e. The normalized spacial score (nSPS) is 21.5. The number of carbonyl (C=O) groups is 2. The van der Waals surface area contributed by atoms with Gasteiger partial charge in [0.05, 0.1) is 18.2 Å². The molecular formula is C18H18ClN5O2. The largest absolute Gasteiger partial charge is 0.338 e. The Morgan fingerprint density at radius 2 is 1.62 bits per heavy atom. The van der Waals surface area contributed by atoms with Gasteiger partial charge in [-0.1, -0.05) is 11.6 Å². The van der Waals surface area contributed by atoms with E-state index in [1.165, 1.54) is 4.90 Å². The van der Waals surface area contributed by atoms with E-state index in [4.69, 9.17) is 11.6 Å². The van der Waals surface area contributed by atoms with Crippen LogP contribution in [0.1, 0.15) is 6.42 Å². The lowest BCUT2D eigenvalue weighted by Crippen LogP contribution is -2.53. The molecule has 2 fully saturated rings. The number of hydrogen-bond acceptors (Lipinski definition) is 6. The SMILES string of the molecule is O=C1C[C@H](N2CCN(c3ncccn3)CC2)C(=O)N1c1ccc(Cl)cc1. The molecule has 2 aromatic rings. The van der Waals surface area contributed by atoms with Gasteiger partial charge < -0.3 is 4.90 Å². The molecule has 0 bridgehead atoms. The molecule has 1 atom stereocenters. The number of hydrogen-bond donors (Lipinski definition) is 0. The molecule has 4 rings (SSSR count). The van der Waals surface area contributed by atoms with Crippen molar-refractivity contribution in [3.63, 3.8) is 0 Å². The Morgan fingerprint density at radius 3 is 2.27 bits per heavy atom. The first-order chi connectivity index (χ1) is 12.6. The number of aromatic nitrogens is 2. The quantitative estimate of drug-likeness (QED) is 0.763. The summed E-state index contributed by atoms with van der Waals surface area (Å²) in [5, 5.41) is 0.573. The molecule has 1 aromatic carbocycles. The van der Waals surface area contributed by atoms with Gasteiger partial charge in [0.15, 0.2) is 0 Å². The van der Waals surface area contributed by atoms with Crippen LogP contribution in [-0.4, -0.2) is 58.9 Å². The maximum absolute atomic E-state index is 12.8. The Balaban J connectivity index is 1.44. The van der Waals surface area contributed by atoms with E-state index in [1.54, 1.807) is 42.7 Å². The van der Waals surface area contributed by atoms with Crippen molar-refractivity contribution in [2.45, 2.75) is 12.5 Å². The van der Waals surface area contributed by atoms with E-state index in [0.29, 0.717) is 29.7 Å². The van der Waals surface area contributed by atoms with E-state index in [1.807, 2.05) is 0 Å². The molecule has 3 heterocycles. The van der Waals surface area contributed by atoms with Crippen molar-refractivity contribution in [3.05, 3.63) is 47.7 Å². The van der Waals surface area contributed by atoms with Crippen molar-refractivity contribution in [3.8, 4) is 0 Å². The van der Waals surface area contributed by atoms with Crippen LogP contribution in [0.3, 0.4) is 0 Å². The number of piperazine rings is 1. The molecule has 0 aliphatic carbocycles. The van der Waals surface area contributed by atoms with Gasteiger partial charge >= 0.3 is 0 Å². The first-order valence-corrected chi connectivity index (χ1v) is 8.89. The molecule has 0 N–H and O–H groups in total. The molecule has 2 amide bonds. The lowest BCUT2D eigenvalue weighted by Gasteiger charge is -2.36. The fourth-order valence-electron chi connectivity index (χ4n) is 3.45. The Hall–Kier alpha value is -2.51. The van der Waals surface area contributed by atoms with E-state index in [9.17, 15) is 9.59 Å². The Labute approximate surface area is 156 Å². The molecule has 2 aliphatic heterocycles. The number of anilines is 2. The van der Waals surface area contributed by atoms with Crippen LogP contribution in [0, 0.1) is 0 Å². The molecule has 26 heavy (non-hydrogen) atoms. The van der Waals surface area contributed by atoms with Gasteiger partial charge in [0.25, 0.3) is 5.91 Å². The van der Waals surface area contributed by atoms with Gasteiger partial charge in [-0.05, 0) is 30.3 Å². The number of rotatable bonds is 3. The Kier molecular flexibility index (Phi) is 4.57. The van der Waals surface area contributed by atoms with Crippen LogP contribution in [-0.2, 0) is 9.59 Å². The molecule has 134 valence electrons. The van der Waals surface area contributed by atoms with Crippen molar-refractivity contribution in [2.75, 3.05) is 36.0 Å². The van der Waals surface area contributed by atoms with Crippen LogP contribution in [0.4, 0.5) is 11.6 Å². The molecule has 8 heteroatoms. The molecule has 2 saturated heterocycles. The van der Waals surface area contributed by atoms with Gasteiger partial charge in [-0.25, -0.2) is 14.9 Å². The number of halogens is 1. The van der Waals surface area contributed by atoms with E-state index < -0.39 is 6.04 Å². The molecule has 2 aliphatic rings. The minimum absolute atomic E-state index is 0.165. The highest BCUT2D eigenvalue weighted by Gasteiger charge is 2.43. The van der Waals surface area contributed by atoms with Crippen molar-refractivity contribution < 1.29 is 9.59 Å². The third-order valence-corrected chi connectivity index (χ3v) is 5.05. The summed E-state index contributed by atoms with van der Waals surface area (Å²) in [5.41, 5.74) is 0.572. The molecule has 7 nitrogen and oxygen atoms in total. The first kappa shape index (κ1) is 16.9. The zero-order valence-electron chi connectivity index (χ0n) is 14.1. The minimum atomic E-state index is -0.406. The number of amides is 2. The van der Waals surface area contributed by atoms with Gasteiger partial charge in [0.1, 0.15) is 0 Å². The van der Waals surface area contributed by atoms with Crippen LogP contribution in [0.25, 0.3) is 0 Å². The maximum Gasteiger partial charge on any atom is 0.251 e. The molecule has 1 aromatic heterocycles. The fourth-order valence-corrected chi connectivity index (χ4v) is 3.58. The summed E-state index contributed by atoms with van der Waals surface area (Å²) < 4.78 is 0. The van der Waals surface area contributed by atoms with Crippen LogP contribution in [0.15, 0.2) is 42.7 Å². The number of nitrogens with zero attached hydrogens (tertiary/aromatic N) is 5. The molecule has 0 spiro atoms. The highest BCUT2D eigenvalue weighted by atomic mass is 35.5. The highest BCUT2D eigenvalue weighted by molar-refractivity contribution is 6.30. The third kappa shape index (κ3) is 3.15. The molecule has 0 saturated carbocycles. The average molecular weight is 372 g/mol. The molecule has 0 unspecified atom stereocenters. The number of imide groups is 1. The topological polar surface area (TPSA) is 69.6 Å². The third-order valence-electron chi connectivity index (χ3n) is 4.80. The van der Waals surface area contributed by atoms with E-state index in [0.717, 1.165) is 13.1 Å². The van der Waals surface area contributed by atoms with Gasteiger partial charge in [-0.2, -0.15) is 0 Å². The van der Waals surface area contributed by atoms with Crippen molar-refractivity contribution in [1.29, 1.82) is 0 Å². The lowest BCUT2D eigenvalue weighted by molar-refractivity contribution is -0.123. The van der Waals surface area contributed by atoms with Gasteiger partial charge in [-0.3, -0.25) is 14.5 Å². The summed E-state index contributed by atoms with van der Waals surface area (Å²) in [6.45, 7) is 2.83. The Morgan fingerprint density at radius 1 is 0.962 bits per heavy atom. The second-order valence-corrected chi connectivity index (χ2v) is 6.77. The second kappa shape index (κ2) is 7.01. The minimum Gasteiger partial charge on any atom is -0.338 e. The van der Waals surface area contributed by atoms with Crippen molar-refractivity contribution >= 4 is 35.1 Å². The standard InChI is InChI=1S/C18H18ClN5O2/c19-13-2-4-14(5-3-13)24-16(25)12-15(17(24)26)22-8-10-23(11-9-22)18-20-6-1-7-21-18/h1-7,15H,8-12H2/t15-/m0/s1. The summed E-state index contributed by atoms with van der Waals surface area (Å²) in [6, 6.07) is 8.15. The second-order valence-electron chi connectivity index (χ2n) is 6.34. The summed E-state index contributed by atoms with van der Waals surface area (Å²) in [6.07, 6.45) is 3.65. The number of carbonyl (C=O) groups excluding carboxylic acids is 2. The zero-order chi connectivity index (χ0) is 18.1. The molecular weight excluding hydrogens is 354 g/mol. The zero-order valence-corrected chi connectivity index (χ0v) is 14.8. The summed E-state index contributed by atoms with van der Waals surface area (Å²) in [5.74, 6) is 0.363. The predicted octanol–water partition coefficient (Wildman–Crippen LogP) is 1.58.